The molecule has 0 radical (unpaired) electrons. The van der Waals surface area contributed by atoms with Gasteiger partial charge in [0.25, 0.3) is 0 Å². The van der Waals surface area contributed by atoms with E-state index in [-0.39, 0.29) is 6.04 Å². The van der Waals surface area contributed by atoms with Crippen molar-refractivity contribution in [3.05, 3.63) is 51.2 Å². The predicted octanol–water partition coefficient (Wildman–Crippen LogP) is 3.96. The second kappa shape index (κ2) is 5.43. The average molecular weight is 330 g/mol. The SMILES string of the molecule is CC(C)n1ncc(Cl)c1C(O)c1cccc(Br)c1. The number of aromatic nitrogens is 2. The van der Waals surface area contributed by atoms with Crippen molar-refractivity contribution in [1.82, 2.24) is 9.78 Å². The van der Waals surface area contributed by atoms with Crippen molar-refractivity contribution in [2.45, 2.75) is 26.0 Å². The van der Waals surface area contributed by atoms with Gasteiger partial charge in [0.2, 0.25) is 0 Å². The lowest BCUT2D eigenvalue weighted by Gasteiger charge is -2.17. The molecule has 5 heteroatoms. The fourth-order valence-corrected chi connectivity index (χ4v) is 2.50. The third kappa shape index (κ3) is 2.60. The Balaban J connectivity index is 2.45. The highest BCUT2D eigenvalue weighted by atomic mass is 79.9. The first kappa shape index (κ1) is 13.6. The van der Waals surface area contributed by atoms with Gasteiger partial charge in [0.05, 0.1) is 16.9 Å². The van der Waals surface area contributed by atoms with E-state index in [1.54, 1.807) is 10.9 Å². The summed E-state index contributed by atoms with van der Waals surface area (Å²) >= 11 is 9.51. The maximum absolute atomic E-state index is 10.4. The summed E-state index contributed by atoms with van der Waals surface area (Å²) in [7, 11) is 0. The molecule has 0 saturated heterocycles. The highest BCUT2D eigenvalue weighted by Crippen LogP contribution is 2.30. The third-order valence-electron chi connectivity index (χ3n) is 2.70. The quantitative estimate of drug-likeness (QED) is 0.925. The summed E-state index contributed by atoms with van der Waals surface area (Å²) in [4.78, 5) is 0. The fraction of sp³-hybridized carbons (Fsp3) is 0.308. The van der Waals surface area contributed by atoms with Crippen molar-refractivity contribution in [1.29, 1.82) is 0 Å². The van der Waals surface area contributed by atoms with Crippen LogP contribution in [0.5, 0.6) is 0 Å². The summed E-state index contributed by atoms with van der Waals surface area (Å²) in [5.41, 5.74) is 1.42. The summed E-state index contributed by atoms with van der Waals surface area (Å²) in [6, 6.07) is 7.68. The summed E-state index contributed by atoms with van der Waals surface area (Å²) in [5.74, 6) is 0. The Kier molecular flexibility index (Phi) is 4.10. The monoisotopic (exact) mass is 328 g/mol. The van der Waals surface area contributed by atoms with Crippen molar-refractivity contribution in [2.75, 3.05) is 0 Å². The van der Waals surface area contributed by atoms with Crippen LogP contribution >= 0.6 is 27.5 Å². The molecule has 0 aliphatic rings. The first-order chi connectivity index (χ1) is 8.50. The summed E-state index contributed by atoms with van der Waals surface area (Å²) < 4.78 is 2.67. The second-order valence-corrected chi connectivity index (χ2v) is 5.70. The van der Waals surface area contributed by atoms with Gasteiger partial charge in [-0.15, -0.1) is 0 Å². The topological polar surface area (TPSA) is 38.0 Å². The minimum Gasteiger partial charge on any atom is -0.382 e. The van der Waals surface area contributed by atoms with Crippen molar-refractivity contribution in [2.24, 2.45) is 0 Å². The fourth-order valence-electron chi connectivity index (χ4n) is 1.85. The molecule has 0 aliphatic carbocycles. The van der Waals surface area contributed by atoms with E-state index in [0.29, 0.717) is 10.7 Å². The Hall–Kier alpha value is -0.840. The zero-order valence-corrected chi connectivity index (χ0v) is 12.5. The van der Waals surface area contributed by atoms with Crippen LogP contribution < -0.4 is 0 Å². The van der Waals surface area contributed by atoms with Crippen LogP contribution in [0.4, 0.5) is 0 Å². The molecule has 1 atom stereocenters. The Bertz CT molecular complexity index is 554. The molecule has 2 rings (SSSR count). The molecule has 0 spiro atoms. The number of rotatable bonds is 3. The van der Waals surface area contributed by atoms with Gasteiger partial charge in [-0.3, -0.25) is 4.68 Å². The van der Waals surface area contributed by atoms with E-state index in [4.69, 9.17) is 11.6 Å². The van der Waals surface area contributed by atoms with Gasteiger partial charge in [-0.25, -0.2) is 0 Å². The van der Waals surface area contributed by atoms with Gasteiger partial charge in [-0.05, 0) is 31.5 Å². The van der Waals surface area contributed by atoms with Gasteiger partial charge in [0.1, 0.15) is 6.10 Å². The first-order valence-corrected chi connectivity index (χ1v) is 6.84. The minimum atomic E-state index is -0.778. The summed E-state index contributed by atoms with van der Waals surface area (Å²) in [6.07, 6.45) is 0.790. The van der Waals surface area contributed by atoms with Crippen LogP contribution in [0.25, 0.3) is 0 Å². The predicted molar refractivity (Wildman–Crippen MR) is 75.8 cm³/mol. The summed E-state index contributed by atoms with van der Waals surface area (Å²) in [6.45, 7) is 4.00. The minimum absolute atomic E-state index is 0.148. The van der Waals surface area contributed by atoms with Crippen LogP contribution in [0.2, 0.25) is 5.02 Å². The van der Waals surface area contributed by atoms with Crippen molar-refractivity contribution in [3.8, 4) is 0 Å². The molecule has 1 aromatic heterocycles. The lowest BCUT2D eigenvalue weighted by Crippen LogP contribution is -2.12. The normalized spacial score (nSPS) is 13.0. The van der Waals surface area contributed by atoms with Gasteiger partial charge in [-0.2, -0.15) is 5.10 Å². The highest BCUT2D eigenvalue weighted by molar-refractivity contribution is 9.10. The molecule has 1 unspecified atom stereocenters. The average Bonchev–Trinajstić information content (AvgIpc) is 2.70. The number of aliphatic hydroxyl groups excluding tert-OH is 1. The van der Waals surface area contributed by atoms with Gasteiger partial charge in [0.15, 0.2) is 0 Å². The van der Waals surface area contributed by atoms with Gasteiger partial charge >= 0.3 is 0 Å². The van der Waals surface area contributed by atoms with Gasteiger partial charge in [0, 0.05) is 10.5 Å². The van der Waals surface area contributed by atoms with Crippen LogP contribution in [0.15, 0.2) is 34.9 Å². The molecule has 0 bridgehead atoms. The standard InChI is InChI=1S/C13H14BrClN2O/c1-8(2)17-12(11(15)7-16-17)13(18)9-4-3-5-10(14)6-9/h3-8,13,18H,1-2H3. The Morgan fingerprint density at radius 2 is 2.11 bits per heavy atom. The number of benzene rings is 1. The maximum atomic E-state index is 10.4. The van der Waals surface area contributed by atoms with Crippen LogP contribution in [0.1, 0.15) is 37.3 Å². The molecule has 0 saturated carbocycles. The largest absolute Gasteiger partial charge is 0.382 e. The number of nitrogens with zero attached hydrogens (tertiary/aromatic N) is 2. The Labute approximate surface area is 120 Å². The Morgan fingerprint density at radius 3 is 2.72 bits per heavy atom. The lowest BCUT2D eigenvalue weighted by molar-refractivity contribution is 0.205. The van der Waals surface area contributed by atoms with E-state index in [9.17, 15) is 5.11 Å². The van der Waals surface area contributed by atoms with E-state index in [1.165, 1.54) is 0 Å². The molecule has 0 fully saturated rings. The van der Waals surface area contributed by atoms with E-state index in [1.807, 2.05) is 38.1 Å². The molecule has 0 aliphatic heterocycles. The highest BCUT2D eigenvalue weighted by Gasteiger charge is 2.21. The zero-order chi connectivity index (χ0) is 13.3. The number of hydrogen-bond acceptors (Lipinski definition) is 2. The maximum Gasteiger partial charge on any atom is 0.122 e. The lowest BCUT2D eigenvalue weighted by atomic mass is 10.1. The van der Waals surface area contributed by atoms with Crippen LogP contribution in [0.3, 0.4) is 0 Å². The molecule has 1 N–H and O–H groups in total. The molecule has 18 heavy (non-hydrogen) atoms. The van der Waals surface area contributed by atoms with Crippen LogP contribution in [-0.2, 0) is 0 Å². The smallest absolute Gasteiger partial charge is 0.122 e. The molecular weight excluding hydrogens is 316 g/mol. The number of hydrogen-bond donors (Lipinski definition) is 1. The molecular formula is C13H14BrClN2O. The van der Waals surface area contributed by atoms with Gasteiger partial charge < -0.3 is 5.11 Å². The van der Waals surface area contributed by atoms with E-state index >= 15 is 0 Å². The van der Waals surface area contributed by atoms with Crippen LogP contribution in [0, 0.1) is 0 Å². The van der Waals surface area contributed by atoms with Crippen LogP contribution in [-0.4, -0.2) is 14.9 Å². The van der Waals surface area contributed by atoms with Gasteiger partial charge in [-0.1, -0.05) is 39.7 Å². The van der Waals surface area contributed by atoms with Crippen molar-refractivity contribution in [3.63, 3.8) is 0 Å². The molecule has 3 nitrogen and oxygen atoms in total. The third-order valence-corrected chi connectivity index (χ3v) is 3.48. The van der Waals surface area contributed by atoms with E-state index < -0.39 is 6.10 Å². The summed E-state index contributed by atoms with van der Waals surface area (Å²) in [5, 5.41) is 15.1. The number of aliphatic hydroxyl groups is 1. The second-order valence-electron chi connectivity index (χ2n) is 4.37. The van der Waals surface area contributed by atoms with E-state index in [2.05, 4.69) is 21.0 Å². The first-order valence-electron chi connectivity index (χ1n) is 5.67. The molecule has 96 valence electrons. The molecule has 1 heterocycles. The molecule has 1 aromatic carbocycles. The van der Waals surface area contributed by atoms with Crippen molar-refractivity contribution >= 4 is 27.5 Å². The number of halogens is 2. The molecule has 0 amide bonds. The zero-order valence-electron chi connectivity index (χ0n) is 10.1. The van der Waals surface area contributed by atoms with Crippen molar-refractivity contribution < 1.29 is 5.11 Å². The molecule has 2 aromatic rings. The Morgan fingerprint density at radius 1 is 1.39 bits per heavy atom. The van der Waals surface area contributed by atoms with E-state index in [0.717, 1.165) is 10.0 Å².